The summed E-state index contributed by atoms with van der Waals surface area (Å²) in [5, 5.41) is 0. The van der Waals surface area contributed by atoms with Gasteiger partial charge in [0, 0.05) is 19.8 Å². The molecule has 0 atom stereocenters. The van der Waals surface area contributed by atoms with Crippen LogP contribution >= 0.6 is 0 Å². The van der Waals surface area contributed by atoms with Gasteiger partial charge in [-0.3, -0.25) is 4.79 Å². The van der Waals surface area contributed by atoms with Crippen LogP contribution in [0.4, 0.5) is 0 Å². The van der Waals surface area contributed by atoms with Gasteiger partial charge in [-0.05, 0) is 35.9 Å². The molecular weight excluding hydrogens is 364 g/mol. The Labute approximate surface area is 164 Å². The van der Waals surface area contributed by atoms with Gasteiger partial charge in [0.25, 0.3) is 0 Å². The number of carbonyl (C=O) groups excluding carboxylic acids is 1. The fourth-order valence-electron chi connectivity index (χ4n) is 2.39. The van der Waals surface area contributed by atoms with Crippen molar-refractivity contribution in [2.45, 2.75) is 0 Å². The number of rotatable bonds is 11. The van der Waals surface area contributed by atoms with Gasteiger partial charge in [0.05, 0.1) is 14.2 Å². The van der Waals surface area contributed by atoms with Gasteiger partial charge in [0.15, 0.2) is 30.9 Å². The normalized spacial score (nSPS) is 10.7. The van der Waals surface area contributed by atoms with Gasteiger partial charge >= 0.3 is 0 Å². The van der Waals surface area contributed by atoms with Gasteiger partial charge < -0.3 is 28.4 Å². The van der Waals surface area contributed by atoms with E-state index in [-0.39, 0.29) is 19.4 Å². The molecule has 2 aromatic carbocycles. The third kappa shape index (κ3) is 5.73. The summed E-state index contributed by atoms with van der Waals surface area (Å²) in [7, 11) is 6.04. The molecule has 7 heteroatoms. The summed E-state index contributed by atoms with van der Waals surface area (Å²) in [4.78, 5) is 12.6. The first kappa shape index (κ1) is 21.3. The van der Waals surface area contributed by atoms with E-state index in [0.717, 1.165) is 5.56 Å². The summed E-state index contributed by atoms with van der Waals surface area (Å²) in [6.45, 7) is 0.185. The molecule has 0 saturated carbocycles. The van der Waals surface area contributed by atoms with Gasteiger partial charge in [-0.2, -0.15) is 0 Å². The SMILES string of the molecule is COCOc1cccc(/C=C/C(=O)c2cc(OC)c(OCOC)c(OC)c2)c1. The fraction of sp³-hybridized carbons (Fsp3) is 0.286. The van der Waals surface area contributed by atoms with E-state index in [2.05, 4.69) is 0 Å². The molecule has 0 bridgehead atoms. The molecule has 0 aliphatic carbocycles. The summed E-state index contributed by atoms with van der Waals surface area (Å²) in [6.07, 6.45) is 3.18. The van der Waals surface area contributed by atoms with E-state index >= 15 is 0 Å². The molecule has 0 fully saturated rings. The van der Waals surface area contributed by atoms with Crippen molar-refractivity contribution in [3.05, 3.63) is 53.6 Å². The minimum absolute atomic E-state index is 0.0292. The minimum atomic E-state index is -0.210. The summed E-state index contributed by atoms with van der Waals surface area (Å²) in [6, 6.07) is 10.5. The van der Waals surface area contributed by atoms with Crippen molar-refractivity contribution >= 4 is 11.9 Å². The monoisotopic (exact) mass is 388 g/mol. The third-order valence-electron chi connectivity index (χ3n) is 3.69. The highest BCUT2D eigenvalue weighted by molar-refractivity contribution is 6.07. The first-order valence-electron chi connectivity index (χ1n) is 8.45. The second-order valence-electron chi connectivity index (χ2n) is 5.58. The van der Waals surface area contributed by atoms with Crippen LogP contribution in [0.5, 0.6) is 23.0 Å². The molecule has 0 amide bonds. The average Bonchev–Trinajstić information content (AvgIpc) is 2.74. The second-order valence-corrected chi connectivity index (χ2v) is 5.58. The van der Waals surface area contributed by atoms with Crippen LogP contribution in [0, 0.1) is 0 Å². The maximum Gasteiger partial charge on any atom is 0.206 e. The van der Waals surface area contributed by atoms with Gasteiger partial charge in [-0.25, -0.2) is 0 Å². The van der Waals surface area contributed by atoms with Crippen LogP contribution in [0.1, 0.15) is 15.9 Å². The molecule has 0 unspecified atom stereocenters. The Hall–Kier alpha value is -3.03. The van der Waals surface area contributed by atoms with Gasteiger partial charge in [0.1, 0.15) is 5.75 Å². The number of hydrogen-bond acceptors (Lipinski definition) is 7. The Morgan fingerprint density at radius 1 is 0.893 bits per heavy atom. The van der Waals surface area contributed by atoms with E-state index in [4.69, 9.17) is 28.4 Å². The molecule has 0 spiro atoms. The number of carbonyl (C=O) groups is 1. The quantitative estimate of drug-likeness (QED) is 0.331. The Bertz CT molecular complexity index is 789. The molecule has 2 aromatic rings. The van der Waals surface area contributed by atoms with Gasteiger partial charge in [0.2, 0.25) is 5.75 Å². The zero-order valence-electron chi connectivity index (χ0n) is 16.4. The molecule has 0 aliphatic heterocycles. The van der Waals surface area contributed by atoms with Crippen molar-refractivity contribution in [1.29, 1.82) is 0 Å². The van der Waals surface area contributed by atoms with Crippen molar-refractivity contribution in [3.8, 4) is 23.0 Å². The lowest BCUT2D eigenvalue weighted by Crippen LogP contribution is -2.05. The van der Waals surface area contributed by atoms with Crippen molar-refractivity contribution in [2.75, 3.05) is 42.0 Å². The number of ketones is 1. The van der Waals surface area contributed by atoms with Crippen molar-refractivity contribution in [2.24, 2.45) is 0 Å². The Morgan fingerprint density at radius 3 is 2.14 bits per heavy atom. The van der Waals surface area contributed by atoms with E-state index in [9.17, 15) is 4.79 Å². The molecule has 0 radical (unpaired) electrons. The zero-order valence-corrected chi connectivity index (χ0v) is 16.4. The second kappa shape index (κ2) is 11.0. The molecule has 0 aliphatic rings. The Kier molecular flexibility index (Phi) is 8.33. The summed E-state index contributed by atoms with van der Waals surface area (Å²) < 4.78 is 31.3. The van der Waals surface area contributed by atoms with Crippen LogP contribution in [-0.4, -0.2) is 47.8 Å². The maximum atomic E-state index is 12.6. The summed E-state index contributed by atoms with van der Waals surface area (Å²) >= 11 is 0. The largest absolute Gasteiger partial charge is 0.493 e. The lowest BCUT2D eigenvalue weighted by Gasteiger charge is -2.14. The lowest BCUT2D eigenvalue weighted by atomic mass is 10.1. The predicted molar refractivity (Wildman–Crippen MR) is 104 cm³/mol. The number of benzene rings is 2. The average molecular weight is 388 g/mol. The smallest absolute Gasteiger partial charge is 0.206 e. The maximum absolute atomic E-state index is 12.6. The van der Waals surface area contributed by atoms with Crippen LogP contribution < -0.4 is 18.9 Å². The summed E-state index contributed by atoms with van der Waals surface area (Å²) in [5.74, 6) is 1.57. The molecule has 7 nitrogen and oxygen atoms in total. The van der Waals surface area contributed by atoms with Crippen LogP contribution in [0.25, 0.3) is 6.08 Å². The minimum Gasteiger partial charge on any atom is -0.493 e. The van der Waals surface area contributed by atoms with Crippen LogP contribution in [0.3, 0.4) is 0 Å². The number of ether oxygens (including phenoxy) is 6. The number of allylic oxidation sites excluding steroid dienone is 1. The van der Waals surface area contributed by atoms with Crippen LogP contribution in [0.2, 0.25) is 0 Å². The number of methoxy groups -OCH3 is 4. The molecule has 0 heterocycles. The molecular formula is C21H24O7. The summed E-state index contributed by atoms with van der Waals surface area (Å²) in [5.41, 5.74) is 1.22. The van der Waals surface area contributed by atoms with E-state index in [1.807, 2.05) is 24.3 Å². The van der Waals surface area contributed by atoms with E-state index in [1.165, 1.54) is 27.4 Å². The Morgan fingerprint density at radius 2 is 1.54 bits per heavy atom. The van der Waals surface area contributed by atoms with Crippen molar-refractivity contribution < 1.29 is 33.2 Å². The predicted octanol–water partition coefficient (Wildman–Crippen LogP) is 3.57. The number of hydrogen-bond donors (Lipinski definition) is 0. The highest BCUT2D eigenvalue weighted by atomic mass is 16.7. The lowest BCUT2D eigenvalue weighted by molar-refractivity contribution is 0.0471. The standard InChI is InChI=1S/C21H24O7/c1-23-13-27-17-7-5-6-15(10-17)8-9-18(22)16-11-19(25-3)21(28-14-24-2)20(12-16)26-4/h5-12H,13-14H2,1-4H3/b9-8+. The Balaban J connectivity index is 2.22. The van der Waals surface area contributed by atoms with Crippen LogP contribution in [0.15, 0.2) is 42.5 Å². The molecule has 0 N–H and O–H groups in total. The topological polar surface area (TPSA) is 72.5 Å². The molecule has 2 rings (SSSR count). The van der Waals surface area contributed by atoms with Crippen molar-refractivity contribution in [3.63, 3.8) is 0 Å². The van der Waals surface area contributed by atoms with E-state index < -0.39 is 0 Å². The molecule has 0 saturated heterocycles. The third-order valence-corrected chi connectivity index (χ3v) is 3.69. The molecule has 150 valence electrons. The molecule has 0 aromatic heterocycles. The highest BCUT2D eigenvalue weighted by Gasteiger charge is 2.16. The van der Waals surface area contributed by atoms with Crippen molar-refractivity contribution in [1.82, 2.24) is 0 Å². The first-order chi connectivity index (χ1) is 13.6. The van der Waals surface area contributed by atoms with E-state index in [1.54, 1.807) is 25.3 Å². The zero-order chi connectivity index (χ0) is 20.4. The first-order valence-corrected chi connectivity index (χ1v) is 8.45. The highest BCUT2D eigenvalue weighted by Crippen LogP contribution is 2.38. The van der Waals surface area contributed by atoms with E-state index in [0.29, 0.717) is 28.6 Å². The molecule has 28 heavy (non-hydrogen) atoms. The van der Waals surface area contributed by atoms with Gasteiger partial charge in [-0.15, -0.1) is 0 Å². The fourth-order valence-corrected chi connectivity index (χ4v) is 2.39. The van der Waals surface area contributed by atoms with Crippen LogP contribution in [-0.2, 0) is 9.47 Å². The van der Waals surface area contributed by atoms with Gasteiger partial charge in [-0.1, -0.05) is 18.2 Å².